The Kier molecular flexibility index (Phi) is 4.17. The molecule has 0 aliphatic heterocycles. The number of ether oxygens (including phenoxy) is 2. The third kappa shape index (κ3) is 3.18. The second-order valence-corrected chi connectivity index (χ2v) is 8.32. The van der Waals surface area contributed by atoms with E-state index in [2.05, 4.69) is 0 Å². The molecule has 1 unspecified atom stereocenters. The van der Waals surface area contributed by atoms with Crippen molar-refractivity contribution in [2.45, 2.75) is 22.4 Å². The fraction of sp³-hybridized carbons (Fsp3) is 0.143. The predicted molar refractivity (Wildman–Crippen MR) is 98.9 cm³/mol. The van der Waals surface area contributed by atoms with Gasteiger partial charge in [-0.2, -0.15) is 0 Å². The highest BCUT2D eigenvalue weighted by Crippen LogP contribution is 2.48. The Morgan fingerprint density at radius 1 is 0.692 bits per heavy atom. The van der Waals surface area contributed by atoms with Crippen LogP contribution in [0.1, 0.15) is 6.42 Å². The van der Waals surface area contributed by atoms with Gasteiger partial charge in [-0.15, -0.1) is 0 Å². The van der Waals surface area contributed by atoms with Crippen molar-refractivity contribution in [3.8, 4) is 11.5 Å². The van der Waals surface area contributed by atoms with Crippen molar-refractivity contribution in [1.82, 2.24) is 0 Å². The molecule has 5 heteroatoms. The minimum Gasteiger partial charge on any atom is -0.451 e. The largest absolute Gasteiger partial charge is 0.451 e. The van der Waals surface area contributed by atoms with Gasteiger partial charge >= 0.3 is 0 Å². The third-order valence-corrected chi connectivity index (χ3v) is 6.52. The summed E-state index contributed by atoms with van der Waals surface area (Å²) in [6, 6.07) is 26.7. The Hall–Kier alpha value is -2.79. The predicted octanol–water partition coefficient (Wildman–Crippen LogP) is 4.09. The Bertz CT molecular complexity index is 929. The summed E-state index contributed by atoms with van der Waals surface area (Å²) in [4.78, 5) is 0.278. The van der Waals surface area contributed by atoms with E-state index in [1.807, 2.05) is 36.4 Å². The van der Waals surface area contributed by atoms with E-state index in [4.69, 9.17) is 9.47 Å². The second kappa shape index (κ2) is 6.50. The zero-order chi connectivity index (χ0) is 18.0. The van der Waals surface area contributed by atoms with Gasteiger partial charge in [0.25, 0.3) is 5.79 Å². The molecule has 0 N–H and O–H groups in total. The average molecular weight is 366 g/mol. The third-order valence-electron chi connectivity index (χ3n) is 4.31. The molecule has 26 heavy (non-hydrogen) atoms. The van der Waals surface area contributed by atoms with Gasteiger partial charge in [0.05, 0.1) is 11.3 Å². The lowest BCUT2D eigenvalue weighted by Crippen LogP contribution is -2.33. The number of rotatable bonds is 6. The van der Waals surface area contributed by atoms with Gasteiger partial charge in [0, 0.05) is 0 Å². The number of benzene rings is 3. The molecule has 0 bridgehead atoms. The molecule has 4 rings (SSSR count). The van der Waals surface area contributed by atoms with Crippen molar-refractivity contribution in [2.75, 3.05) is 0 Å². The molecule has 1 atom stereocenters. The quantitative estimate of drug-likeness (QED) is 0.617. The molecular weight excluding hydrogens is 348 g/mol. The molecule has 1 saturated carbocycles. The maximum absolute atomic E-state index is 13.0. The topological polar surface area (TPSA) is 52.6 Å². The van der Waals surface area contributed by atoms with Crippen molar-refractivity contribution >= 4 is 9.84 Å². The zero-order valence-electron chi connectivity index (χ0n) is 14.0. The van der Waals surface area contributed by atoms with Crippen LogP contribution in [0.5, 0.6) is 11.5 Å². The van der Waals surface area contributed by atoms with E-state index in [1.165, 1.54) is 0 Å². The molecule has 0 heterocycles. The summed E-state index contributed by atoms with van der Waals surface area (Å²) in [5.41, 5.74) is 0. The van der Waals surface area contributed by atoms with Crippen molar-refractivity contribution in [2.24, 2.45) is 0 Å². The minimum atomic E-state index is -3.56. The highest BCUT2D eigenvalue weighted by Gasteiger charge is 2.67. The molecule has 3 aromatic carbocycles. The van der Waals surface area contributed by atoms with Crippen molar-refractivity contribution < 1.29 is 17.9 Å². The van der Waals surface area contributed by atoms with E-state index in [9.17, 15) is 8.42 Å². The summed E-state index contributed by atoms with van der Waals surface area (Å²) in [6.07, 6.45) is 0.272. The first-order chi connectivity index (χ1) is 12.6. The van der Waals surface area contributed by atoms with E-state index < -0.39 is 20.9 Å². The molecule has 0 amide bonds. The monoisotopic (exact) mass is 366 g/mol. The van der Waals surface area contributed by atoms with Crippen LogP contribution >= 0.6 is 0 Å². The molecule has 1 aliphatic carbocycles. The lowest BCUT2D eigenvalue weighted by atomic mass is 10.3. The lowest BCUT2D eigenvalue weighted by Gasteiger charge is -2.21. The smallest absolute Gasteiger partial charge is 0.270 e. The molecule has 0 saturated heterocycles. The summed E-state index contributed by atoms with van der Waals surface area (Å²) in [7, 11) is -3.56. The van der Waals surface area contributed by atoms with Gasteiger partial charge in [-0.1, -0.05) is 54.6 Å². The number of hydrogen-bond acceptors (Lipinski definition) is 4. The SMILES string of the molecule is O=S(=O)(c1ccccc1)C1CC1(Oc1ccccc1)Oc1ccccc1. The molecule has 4 nitrogen and oxygen atoms in total. The van der Waals surface area contributed by atoms with Crippen molar-refractivity contribution in [1.29, 1.82) is 0 Å². The summed E-state index contributed by atoms with van der Waals surface area (Å²) >= 11 is 0. The van der Waals surface area contributed by atoms with Crippen LogP contribution in [0.3, 0.4) is 0 Å². The Morgan fingerprint density at radius 3 is 1.58 bits per heavy atom. The van der Waals surface area contributed by atoms with Gasteiger partial charge in [0.15, 0.2) is 9.84 Å². The van der Waals surface area contributed by atoms with Crippen LogP contribution in [0.4, 0.5) is 0 Å². The first kappa shape index (κ1) is 16.7. The van der Waals surface area contributed by atoms with Gasteiger partial charge in [-0.3, -0.25) is 0 Å². The van der Waals surface area contributed by atoms with Gasteiger partial charge < -0.3 is 9.47 Å². The van der Waals surface area contributed by atoms with E-state index in [-0.39, 0.29) is 11.3 Å². The van der Waals surface area contributed by atoms with E-state index >= 15 is 0 Å². The molecule has 1 aliphatic rings. The van der Waals surface area contributed by atoms with Crippen LogP contribution in [0.15, 0.2) is 95.9 Å². The van der Waals surface area contributed by atoms with Crippen LogP contribution in [-0.2, 0) is 9.84 Å². The van der Waals surface area contributed by atoms with Crippen molar-refractivity contribution in [3.05, 3.63) is 91.0 Å². The minimum absolute atomic E-state index is 0.272. The first-order valence-electron chi connectivity index (χ1n) is 8.37. The maximum Gasteiger partial charge on any atom is 0.270 e. The highest BCUT2D eigenvalue weighted by molar-refractivity contribution is 7.92. The average Bonchev–Trinajstić information content (AvgIpc) is 3.38. The van der Waals surface area contributed by atoms with E-state index in [0.29, 0.717) is 11.5 Å². The number of para-hydroxylation sites is 2. The molecular formula is C21H18O4S. The van der Waals surface area contributed by atoms with E-state index in [1.54, 1.807) is 54.6 Å². The summed E-state index contributed by atoms with van der Waals surface area (Å²) in [5, 5.41) is -0.766. The molecule has 1 fully saturated rings. The first-order valence-corrected chi connectivity index (χ1v) is 9.92. The van der Waals surface area contributed by atoms with Crippen LogP contribution in [0.25, 0.3) is 0 Å². The molecule has 0 spiro atoms. The van der Waals surface area contributed by atoms with Gasteiger partial charge in [0.1, 0.15) is 16.7 Å². The van der Waals surface area contributed by atoms with Gasteiger partial charge in [-0.05, 0) is 36.4 Å². The summed E-state index contributed by atoms with van der Waals surface area (Å²) < 4.78 is 38.1. The fourth-order valence-electron chi connectivity index (χ4n) is 2.93. The van der Waals surface area contributed by atoms with Crippen molar-refractivity contribution in [3.63, 3.8) is 0 Å². The maximum atomic E-state index is 13.0. The normalized spacial score (nSPS) is 18.1. The molecule has 132 valence electrons. The Balaban J connectivity index is 1.67. The van der Waals surface area contributed by atoms with Gasteiger partial charge in [-0.25, -0.2) is 8.42 Å². The Morgan fingerprint density at radius 2 is 1.12 bits per heavy atom. The summed E-state index contributed by atoms with van der Waals surface area (Å²) in [5.74, 6) is -0.0689. The van der Waals surface area contributed by atoms with Crippen LogP contribution in [0, 0.1) is 0 Å². The van der Waals surface area contributed by atoms with Crippen LogP contribution in [0.2, 0.25) is 0 Å². The molecule has 0 radical (unpaired) electrons. The van der Waals surface area contributed by atoms with Crippen LogP contribution in [-0.4, -0.2) is 19.5 Å². The molecule has 3 aromatic rings. The highest BCUT2D eigenvalue weighted by atomic mass is 32.2. The summed E-state index contributed by atoms with van der Waals surface area (Å²) in [6.45, 7) is 0. The fourth-order valence-corrected chi connectivity index (χ4v) is 4.82. The Labute approximate surface area is 152 Å². The van der Waals surface area contributed by atoms with Crippen LogP contribution < -0.4 is 9.47 Å². The standard InChI is InChI=1S/C21H18O4S/c22-26(23,19-14-8-3-9-15-19)20-16-21(20,24-17-10-4-1-5-11-17)25-18-12-6-2-7-13-18/h1-15,20H,16H2. The van der Waals surface area contributed by atoms with Gasteiger partial charge in [0.2, 0.25) is 0 Å². The number of hydrogen-bond donors (Lipinski definition) is 0. The zero-order valence-corrected chi connectivity index (χ0v) is 14.8. The number of sulfone groups is 1. The molecule has 0 aromatic heterocycles. The second-order valence-electron chi connectivity index (χ2n) is 6.19. The van der Waals surface area contributed by atoms with E-state index in [0.717, 1.165) is 0 Å². The lowest BCUT2D eigenvalue weighted by molar-refractivity contribution is -0.0200.